The van der Waals surface area contributed by atoms with Gasteiger partial charge in [0.1, 0.15) is 5.60 Å². The van der Waals surface area contributed by atoms with E-state index < -0.39 is 29.4 Å². The molecule has 0 fully saturated rings. The molecular weight excluding hydrogens is 354 g/mol. The summed E-state index contributed by atoms with van der Waals surface area (Å²) < 4.78 is 5.20. The Hall–Kier alpha value is -3.02. The lowest BCUT2D eigenvalue weighted by Gasteiger charge is -2.23. The highest BCUT2D eigenvalue weighted by molar-refractivity contribution is 7.13. The molecule has 136 valence electrons. The molecule has 0 bridgehead atoms. The van der Waals surface area contributed by atoms with Crippen molar-refractivity contribution in [1.29, 1.82) is 0 Å². The number of amides is 4. The zero-order valence-corrected chi connectivity index (χ0v) is 14.4. The zero-order valence-electron chi connectivity index (χ0n) is 13.6. The monoisotopic (exact) mass is 371 g/mol. The Morgan fingerprint density at radius 3 is 2.44 bits per heavy atom. The fourth-order valence-electron chi connectivity index (χ4n) is 1.50. The molecular formula is C13H17N5O6S. The number of aromatic nitrogens is 1. The normalized spacial score (nSPS) is 11.6. The molecule has 12 heteroatoms. The van der Waals surface area contributed by atoms with E-state index in [4.69, 9.17) is 4.74 Å². The number of hydrogen-bond acceptors (Lipinski definition) is 8. The van der Waals surface area contributed by atoms with Gasteiger partial charge in [-0.2, -0.15) is 0 Å². The third-order valence-electron chi connectivity index (χ3n) is 2.37. The van der Waals surface area contributed by atoms with Crippen LogP contribution in [0, 0.1) is 0 Å². The van der Waals surface area contributed by atoms with Gasteiger partial charge in [-0.1, -0.05) is 0 Å². The lowest BCUT2D eigenvalue weighted by molar-refractivity contribution is -0.159. The molecule has 1 heterocycles. The number of carbonyl (C=O) groups is 5. The summed E-state index contributed by atoms with van der Waals surface area (Å²) in [5.41, 5.74) is 2.85. The van der Waals surface area contributed by atoms with Crippen molar-refractivity contribution >= 4 is 47.1 Å². The first-order valence-corrected chi connectivity index (χ1v) is 7.74. The molecule has 0 radical (unpaired) electrons. The van der Waals surface area contributed by atoms with Crippen LogP contribution in [0.15, 0.2) is 5.38 Å². The summed E-state index contributed by atoms with van der Waals surface area (Å²) in [6.07, 6.45) is 0.566. The third kappa shape index (κ3) is 6.55. The fraction of sp³-hybridized carbons (Fsp3) is 0.385. The quantitative estimate of drug-likeness (QED) is 0.207. The first-order valence-electron chi connectivity index (χ1n) is 6.86. The van der Waals surface area contributed by atoms with Crippen LogP contribution in [-0.4, -0.2) is 41.2 Å². The molecule has 1 aromatic rings. The minimum atomic E-state index is -1.38. The first kappa shape index (κ1) is 20.0. The van der Waals surface area contributed by atoms with Crippen molar-refractivity contribution in [2.75, 3.05) is 5.32 Å². The molecule has 1 rings (SSSR count). The second-order valence-corrected chi connectivity index (χ2v) is 6.35. The standard InChI is InChI=1S/C13H17N5O6S/c1-13(2,3)24-11(23)8(7-4-25-12(16-7)14-5-19)17-9(21)10(22)18-15-6-20/h4-6,8H,1-3H3,(H,15,20)(H,17,21)(H,18,22)(H,14,16,19). The van der Waals surface area contributed by atoms with E-state index >= 15 is 0 Å². The van der Waals surface area contributed by atoms with Crippen molar-refractivity contribution in [3.63, 3.8) is 0 Å². The first-order chi connectivity index (χ1) is 11.7. The zero-order chi connectivity index (χ0) is 19.0. The second-order valence-electron chi connectivity index (χ2n) is 5.50. The van der Waals surface area contributed by atoms with Gasteiger partial charge in [0, 0.05) is 5.38 Å². The molecule has 0 aliphatic carbocycles. The predicted molar refractivity (Wildman–Crippen MR) is 85.9 cm³/mol. The smallest absolute Gasteiger partial charge is 0.335 e. The minimum absolute atomic E-state index is 0.0769. The molecule has 0 aromatic carbocycles. The average molecular weight is 371 g/mol. The van der Waals surface area contributed by atoms with Gasteiger partial charge in [0.05, 0.1) is 5.69 Å². The lowest BCUT2D eigenvalue weighted by atomic mass is 10.1. The summed E-state index contributed by atoms with van der Waals surface area (Å²) >= 11 is 1.02. The van der Waals surface area contributed by atoms with Crippen LogP contribution >= 0.6 is 11.3 Å². The number of ether oxygens (including phenoxy) is 1. The molecule has 0 saturated carbocycles. The van der Waals surface area contributed by atoms with Gasteiger partial charge in [-0.15, -0.1) is 11.3 Å². The van der Waals surface area contributed by atoms with Gasteiger partial charge in [0.15, 0.2) is 11.2 Å². The van der Waals surface area contributed by atoms with Crippen LogP contribution in [0.5, 0.6) is 0 Å². The number of rotatable bonds is 7. The molecule has 1 atom stereocenters. The van der Waals surface area contributed by atoms with Crippen LogP contribution < -0.4 is 21.5 Å². The summed E-state index contributed by atoms with van der Waals surface area (Å²) in [6.45, 7) is 4.89. The number of hydrazine groups is 1. The molecule has 4 N–H and O–H groups in total. The maximum Gasteiger partial charge on any atom is 0.335 e. The van der Waals surface area contributed by atoms with Crippen molar-refractivity contribution in [3.8, 4) is 0 Å². The van der Waals surface area contributed by atoms with Crippen molar-refractivity contribution < 1.29 is 28.7 Å². The summed E-state index contributed by atoms with van der Waals surface area (Å²) in [4.78, 5) is 60.3. The number of anilines is 1. The van der Waals surface area contributed by atoms with E-state index in [1.54, 1.807) is 26.2 Å². The highest BCUT2D eigenvalue weighted by atomic mass is 32.1. The van der Waals surface area contributed by atoms with Gasteiger partial charge < -0.3 is 15.4 Å². The topological polar surface area (TPSA) is 156 Å². The van der Waals surface area contributed by atoms with Crippen molar-refractivity contribution in [3.05, 3.63) is 11.1 Å². The second kappa shape index (κ2) is 8.73. The Morgan fingerprint density at radius 1 is 1.20 bits per heavy atom. The number of carbonyl (C=O) groups excluding carboxylic acids is 5. The summed E-state index contributed by atoms with van der Waals surface area (Å²) in [5.74, 6) is -3.23. The van der Waals surface area contributed by atoms with Gasteiger partial charge in [0.2, 0.25) is 12.8 Å². The molecule has 11 nitrogen and oxygen atoms in total. The Labute approximate surface area is 146 Å². The molecule has 0 aliphatic rings. The molecule has 0 aliphatic heterocycles. The highest BCUT2D eigenvalue weighted by Gasteiger charge is 2.31. The average Bonchev–Trinajstić information content (AvgIpc) is 2.96. The number of thiazole rings is 1. The van der Waals surface area contributed by atoms with E-state index in [2.05, 4.69) is 15.6 Å². The maximum atomic E-state index is 12.3. The van der Waals surface area contributed by atoms with Gasteiger partial charge >= 0.3 is 17.8 Å². The van der Waals surface area contributed by atoms with Crippen LogP contribution in [0.3, 0.4) is 0 Å². The molecule has 25 heavy (non-hydrogen) atoms. The molecule has 4 amide bonds. The van der Waals surface area contributed by atoms with Crippen molar-refractivity contribution in [2.45, 2.75) is 32.4 Å². The van der Waals surface area contributed by atoms with E-state index in [1.807, 2.05) is 5.43 Å². The van der Waals surface area contributed by atoms with Crippen LogP contribution in [-0.2, 0) is 28.7 Å². The number of esters is 1. The Morgan fingerprint density at radius 2 is 1.88 bits per heavy atom. The van der Waals surface area contributed by atoms with Crippen LogP contribution in [0.25, 0.3) is 0 Å². The minimum Gasteiger partial charge on any atom is -0.458 e. The van der Waals surface area contributed by atoms with Gasteiger partial charge in [-0.25, -0.2) is 9.78 Å². The number of hydrogen-bond donors (Lipinski definition) is 4. The molecule has 0 saturated heterocycles. The van der Waals surface area contributed by atoms with Crippen LogP contribution in [0.1, 0.15) is 32.5 Å². The molecule has 0 spiro atoms. The lowest BCUT2D eigenvalue weighted by Crippen LogP contribution is -2.48. The Kier molecular flexibility index (Phi) is 6.99. The third-order valence-corrected chi connectivity index (χ3v) is 3.16. The van der Waals surface area contributed by atoms with E-state index in [9.17, 15) is 24.0 Å². The van der Waals surface area contributed by atoms with Crippen LogP contribution in [0.2, 0.25) is 0 Å². The predicted octanol–water partition coefficient (Wildman–Crippen LogP) is -1.01. The van der Waals surface area contributed by atoms with Crippen molar-refractivity contribution in [1.82, 2.24) is 21.2 Å². The maximum absolute atomic E-state index is 12.3. The summed E-state index contributed by atoms with van der Waals surface area (Å²) in [5, 5.41) is 6.09. The van der Waals surface area contributed by atoms with Gasteiger partial charge in [-0.3, -0.25) is 30.0 Å². The highest BCUT2D eigenvalue weighted by Crippen LogP contribution is 2.23. The number of nitrogens with zero attached hydrogens (tertiary/aromatic N) is 1. The van der Waals surface area contributed by atoms with E-state index in [0.29, 0.717) is 6.41 Å². The van der Waals surface area contributed by atoms with E-state index in [1.165, 1.54) is 5.38 Å². The molecule has 1 unspecified atom stereocenters. The fourth-order valence-corrected chi connectivity index (χ4v) is 2.19. The van der Waals surface area contributed by atoms with Gasteiger partial charge in [-0.05, 0) is 20.8 Å². The van der Waals surface area contributed by atoms with Gasteiger partial charge in [0.25, 0.3) is 0 Å². The van der Waals surface area contributed by atoms with Crippen LogP contribution in [0.4, 0.5) is 5.13 Å². The van der Waals surface area contributed by atoms with E-state index in [0.717, 1.165) is 11.3 Å². The molecule has 1 aromatic heterocycles. The number of nitrogens with one attached hydrogen (secondary N) is 4. The van der Waals surface area contributed by atoms with E-state index in [-0.39, 0.29) is 17.2 Å². The van der Waals surface area contributed by atoms with Crippen molar-refractivity contribution in [2.24, 2.45) is 0 Å². The SMILES string of the molecule is CC(C)(C)OC(=O)C(NC(=O)C(=O)NNC=O)c1csc(NC=O)n1. The summed E-state index contributed by atoms with van der Waals surface area (Å²) in [7, 11) is 0. The Balaban J connectivity index is 2.99. The Bertz CT molecular complexity index is 668. The largest absolute Gasteiger partial charge is 0.458 e. The summed E-state index contributed by atoms with van der Waals surface area (Å²) in [6, 6.07) is -1.38.